The van der Waals surface area contributed by atoms with E-state index in [2.05, 4.69) is 0 Å². The molecule has 0 aliphatic heterocycles. The molecule has 0 amide bonds. The minimum atomic E-state index is -1.09. The van der Waals surface area contributed by atoms with Crippen molar-refractivity contribution in [1.82, 2.24) is 0 Å². The summed E-state index contributed by atoms with van der Waals surface area (Å²) in [5.74, 6) is -0.535. The Morgan fingerprint density at radius 3 is 2.65 bits per heavy atom. The van der Waals surface area contributed by atoms with Crippen LogP contribution >= 0.6 is 0 Å². The highest BCUT2D eigenvalue weighted by atomic mass is 16.7. The molecule has 0 bridgehead atoms. The molecule has 0 heterocycles. The fraction of sp³-hybridized carbons (Fsp3) is 0.188. The molecule has 0 unspecified atom stereocenters. The molecule has 0 aliphatic rings. The number of carboxylic acid groups (broad SMARTS) is 1. The number of carbonyl (C=O) groups is 1. The van der Waals surface area contributed by atoms with Crippen LogP contribution in [-0.4, -0.2) is 17.9 Å². The summed E-state index contributed by atoms with van der Waals surface area (Å²) in [4.78, 5) is 10.9. The fourth-order valence-corrected chi connectivity index (χ4v) is 1.81. The maximum atomic E-state index is 10.9. The Balaban J connectivity index is 1.99. The van der Waals surface area contributed by atoms with Crippen molar-refractivity contribution in [3.8, 4) is 5.75 Å². The van der Waals surface area contributed by atoms with Gasteiger partial charge in [-0.15, -0.1) is 0 Å². The Labute approximate surface area is 117 Å². The summed E-state index contributed by atoms with van der Waals surface area (Å²) < 4.78 is 10.5. The maximum Gasteiger partial charge on any atom is 0.370 e. The van der Waals surface area contributed by atoms with Crippen molar-refractivity contribution >= 4 is 16.7 Å². The van der Waals surface area contributed by atoms with Crippen LogP contribution in [0.3, 0.4) is 0 Å². The quantitative estimate of drug-likeness (QED) is 0.496. The van der Waals surface area contributed by atoms with Crippen molar-refractivity contribution in [2.75, 3.05) is 6.79 Å². The van der Waals surface area contributed by atoms with E-state index in [4.69, 9.17) is 14.6 Å². The van der Waals surface area contributed by atoms with Crippen LogP contribution in [0, 0.1) is 0 Å². The third-order valence-corrected chi connectivity index (χ3v) is 2.76. The highest BCUT2D eigenvalue weighted by Crippen LogP contribution is 2.20. The Hall–Kier alpha value is -2.49. The molecule has 0 aromatic heterocycles. The van der Waals surface area contributed by atoms with Gasteiger partial charge in [-0.1, -0.05) is 37.3 Å². The van der Waals surface area contributed by atoms with Crippen molar-refractivity contribution in [1.29, 1.82) is 0 Å². The molecule has 0 aliphatic carbocycles. The molecule has 2 aromatic rings. The van der Waals surface area contributed by atoms with Gasteiger partial charge in [0.25, 0.3) is 0 Å². The van der Waals surface area contributed by atoms with Gasteiger partial charge in [0, 0.05) is 0 Å². The van der Waals surface area contributed by atoms with Crippen molar-refractivity contribution in [2.24, 2.45) is 0 Å². The average Bonchev–Trinajstić information content (AvgIpc) is 2.46. The molecule has 104 valence electrons. The molecule has 20 heavy (non-hydrogen) atoms. The Morgan fingerprint density at radius 1 is 1.20 bits per heavy atom. The summed E-state index contributed by atoms with van der Waals surface area (Å²) in [7, 11) is 0. The number of allylic oxidation sites excluding steroid dienone is 1. The van der Waals surface area contributed by atoms with Gasteiger partial charge in [-0.05, 0) is 35.4 Å². The van der Waals surface area contributed by atoms with E-state index in [1.54, 1.807) is 0 Å². The SMILES string of the molecule is CCC=C(OCOc1ccc2ccccc2c1)C(=O)O. The van der Waals surface area contributed by atoms with Gasteiger partial charge in [-0.3, -0.25) is 0 Å². The number of benzene rings is 2. The van der Waals surface area contributed by atoms with Crippen molar-refractivity contribution < 1.29 is 19.4 Å². The lowest BCUT2D eigenvalue weighted by Crippen LogP contribution is -2.09. The van der Waals surface area contributed by atoms with E-state index >= 15 is 0 Å². The van der Waals surface area contributed by atoms with Crippen LogP contribution in [-0.2, 0) is 9.53 Å². The minimum absolute atomic E-state index is 0.0895. The molecule has 1 N–H and O–H groups in total. The summed E-state index contributed by atoms with van der Waals surface area (Å²) >= 11 is 0. The van der Waals surface area contributed by atoms with Gasteiger partial charge in [-0.2, -0.15) is 0 Å². The summed E-state index contributed by atoms with van der Waals surface area (Å²) in [5.41, 5.74) is 0. The van der Waals surface area contributed by atoms with Crippen LogP contribution in [0.1, 0.15) is 13.3 Å². The second-order valence-corrected chi connectivity index (χ2v) is 4.20. The van der Waals surface area contributed by atoms with Gasteiger partial charge in [0.05, 0.1) is 0 Å². The number of ether oxygens (including phenoxy) is 2. The minimum Gasteiger partial charge on any atom is -0.475 e. The van der Waals surface area contributed by atoms with Crippen molar-refractivity contribution in [2.45, 2.75) is 13.3 Å². The van der Waals surface area contributed by atoms with Crippen LogP contribution < -0.4 is 4.74 Å². The zero-order valence-corrected chi connectivity index (χ0v) is 11.2. The summed E-state index contributed by atoms with van der Waals surface area (Å²) in [6.07, 6.45) is 2.10. The van der Waals surface area contributed by atoms with Gasteiger partial charge in [0.15, 0.2) is 0 Å². The number of aliphatic carboxylic acids is 1. The zero-order chi connectivity index (χ0) is 14.4. The molecular weight excluding hydrogens is 256 g/mol. The lowest BCUT2D eigenvalue weighted by atomic mass is 10.1. The summed E-state index contributed by atoms with van der Waals surface area (Å²) in [5, 5.41) is 11.1. The molecule has 4 nitrogen and oxygen atoms in total. The highest BCUT2D eigenvalue weighted by Gasteiger charge is 2.07. The molecular formula is C16H16O4. The largest absolute Gasteiger partial charge is 0.475 e. The molecule has 4 heteroatoms. The molecule has 2 rings (SSSR count). The number of rotatable bonds is 6. The standard InChI is InChI=1S/C16H16O4/c1-2-5-15(16(17)18)20-11-19-14-9-8-12-6-3-4-7-13(12)10-14/h3-10H,2,11H2,1H3,(H,17,18). The number of hydrogen-bond acceptors (Lipinski definition) is 3. The first-order valence-electron chi connectivity index (χ1n) is 6.38. The average molecular weight is 272 g/mol. The molecule has 0 saturated carbocycles. The van der Waals surface area contributed by atoms with Gasteiger partial charge in [-0.25, -0.2) is 4.79 Å². The molecule has 0 saturated heterocycles. The fourth-order valence-electron chi connectivity index (χ4n) is 1.81. The van der Waals surface area contributed by atoms with Crippen molar-refractivity contribution in [3.63, 3.8) is 0 Å². The van der Waals surface area contributed by atoms with Crippen molar-refractivity contribution in [3.05, 3.63) is 54.3 Å². The second kappa shape index (κ2) is 6.61. The summed E-state index contributed by atoms with van der Waals surface area (Å²) in [6.45, 7) is 1.72. The van der Waals surface area contributed by atoms with E-state index in [0.29, 0.717) is 12.2 Å². The predicted octanol–water partition coefficient (Wildman–Crippen LogP) is 3.57. The first-order valence-corrected chi connectivity index (χ1v) is 6.38. The molecule has 2 aromatic carbocycles. The van der Waals surface area contributed by atoms with Gasteiger partial charge >= 0.3 is 5.97 Å². The first-order chi connectivity index (χ1) is 9.70. The lowest BCUT2D eigenvalue weighted by molar-refractivity contribution is -0.138. The maximum absolute atomic E-state index is 10.9. The third-order valence-electron chi connectivity index (χ3n) is 2.76. The predicted molar refractivity (Wildman–Crippen MR) is 76.5 cm³/mol. The topological polar surface area (TPSA) is 55.8 Å². The van der Waals surface area contributed by atoms with E-state index < -0.39 is 5.97 Å². The van der Waals surface area contributed by atoms with E-state index in [1.807, 2.05) is 49.4 Å². The Bertz CT molecular complexity index is 631. The molecule has 0 fully saturated rings. The normalized spacial score (nSPS) is 11.3. The molecule has 0 atom stereocenters. The highest BCUT2D eigenvalue weighted by molar-refractivity contribution is 5.84. The number of hydrogen-bond donors (Lipinski definition) is 1. The van der Waals surface area contributed by atoms with Crippen LogP contribution in [0.2, 0.25) is 0 Å². The van der Waals surface area contributed by atoms with Crippen LogP contribution in [0.5, 0.6) is 5.75 Å². The zero-order valence-electron chi connectivity index (χ0n) is 11.2. The molecule has 0 spiro atoms. The van der Waals surface area contributed by atoms with Gasteiger partial charge in [0.2, 0.25) is 12.6 Å². The van der Waals surface area contributed by atoms with E-state index in [1.165, 1.54) is 6.08 Å². The van der Waals surface area contributed by atoms with Crippen LogP contribution in [0.25, 0.3) is 10.8 Å². The lowest BCUT2D eigenvalue weighted by Gasteiger charge is -2.09. The number of fused-ring (bicyclic) bond motifs is 1. The molecule has 0 radical (unpaired) electrons. The Kier molecular flexibility index (Phi) is 4.60. The Morgan fingerprint density at radius 2 is 1.95 bits per heavy atom. The smallest absolute Gasteiger partial charge is 0.370 e. The number of carboxylic acids is 1. The van der Waals surface area contributed by atoms with Gasteiger partial charge in [0.1, 0.15) is 5.75 Å². The monoisotopic (exact) mass is 272 g/mol. The van der Waals surface area contributed by atoms with E-state index in [-0.39, 0.29) is 12.6 Å². The van der Waals surface area contributed by atoms with Crippen LogP contribution in [0.4, 0.5) is 0 Å². The van der Waals surface area contributed by atoms with Crippen LogP contribution in [0.15, 0.2) is 54.3 Å². The second-order valence-electron chi connectivity index (χ2n) is 4.20. The van der Waals surface area contributed by atoms with E-state index in [0.717, 1.165) is 10.8 Å². The van der Waals surface area contributed by atoms with Gasteiger partial charge < -0.3 is 14.6 Å². The van der Waals surface area contributed by atoms with E-state index in [9.17, 15) is 4.79 Å². The summed E-state index contributed by atoms with van der Waals surface area (Å²) in [6, 6.07) is 13.6. The third kappa shape index (κ3) is 3.51. The first kappa shape index (κ1) is 13.9.